The van der Waals surface area contributed by atoms with E-state index in [1.54, 1.807) is 16.9 Å². The quantitative estimate of drug-likeness (QED) is 0.332. The summed E-state index contributed by atoms with van der Waals surface area (Å²) in [5.74, 6) is -0.290. The highest BCUT2D eigenvalue weighted by Gasteiger charge is 2.12. The van der Waals surface area contributed by atoms with Gasteiger partial charge >= 0.3 is 0 Å². The third-order valence-electron chi connectivity index (χ3n) is 5.07. The molecule has 3 heterocycles. The van der Waals surface area contributed by atoms with E-state index in [0.717, 1.165) is 22.5 Å². The predicted octanol–water partition coefficient (Wildman–Crippen LogP) is 4.84. The number of rotatable bonds is 5. The van der Waals surface area contributed by atoms with E-state index >= 15 is 0 Å². The Balaban J connectivity index is 1.46. The van der Waals surface area contributed by atoms with Crippen LogP contribution in [0.1, 0.15) is 23.9 Å². The molecule has 152 valence electrons. The van der Waals surface area contributed by atoms with Crippen LogP contribution >= 0.6 is 0 Å². The molecule has 0 aliphatic carbocycles. The molecular formula is C24H19FN6. The molecule has 0 aliphatic rings. The summed E-state index contributed by atoms with van der Waals surface area (Å²) in [4.78, 5) is 8.62. The zero-order valence-corrected chi connectivity index (χ0v) is 16.8. The smallest absolute Gasteiger partial charge is 0.153 e. The van der Waals surface area contributed by atoms with E-state index in [1.807, 2.05) is 67.6 Å². The van der Waals surface area contributed by atoms with Crippen LogP contribution in [0.25, 0.3) is 16.6 Å². The zero-order chi connectivity index (χ0) is 21.2. The number of hydrogen-bond donors (Lipinski definition) is 1. The summed E-state index contributed by atoms with van der Waals surface area (Å²) in [5, 5.41) is 10.0. The molecular weight excluding hydrogens is 391 g/mol. The first-order valence-corrected chi connectivity index (χ1v) is 9.90. The van der Waals surface area contributed by atoms with Crippen molar-refractivity contribution in [2.45, 2.75) is 13.3 Å². The number of nitrogens with zero attached hydrogens (tertiary/aromatic N) is 5. The van der Waals surface area contributed by atoms with Crippen molar-refractivity contribution in [3.05, 3.63) is 102 Å². The fourth-order valence-electron chi connectivity index (χ4n) is 3.43. The second kappa shape index (κ2) is 7.95. The molecule has 5 aromatic rings. The van der Waals surface area contributed by atoms with E-state index in [0.29, 0.717) is 28.8 Å². The number of imidazole rings is 1. The molecule has 5 rings (SSSR count). The maximum atomic E-state index is 14.7. The van der Waals surface area contributed by atoms with Gasteiger partial charge in [-0.05, 0) is 48.9 Å². The molecule has 0 unspecified atom stereocenters. The van der Waals surface area contributed by atoms with Gasteiger partial charge in [0.2, 0.25) is 0 Å². The van der Waals surface area contributed by atoms with Gasteiger partial charge in [-0.25, -0.2) is 13.9 Å². The van der Waals surface area contributed by atoms with E-state index in [1.165, 1.54) is 6.07 Å². The third kappa shape index (κ3) is 3.85. The molecule has 0 atom stereocenters. The number of anilines is 1. The van der Waals surface area contributed by atoms with Gasteiger partial charge in [0.15, 0.2) is 5.65 Å². The van der Waals surface area contributed by atoms with Crippen LogP contribution in [0.5, 0.6) is 0 Å². The van der Waals surface area contributed by atoms with Crippen molar-refractivity contribution in [2.75, 3.05) is 5.43 Å². The molecule has 31 heavy (non-hydrogen) atoms. The average molecular weight is 410 g/mol. The summed E-state index contributed by atoms with van der Waals surface area (Å²) in [6.07, 6.45) is 3.76. The van der Waals surface area contributed by atoms with Gasteiger partial charge in [0.1, 0.15) is 11.5 Å². The summed E-state index contributed by atoms with van der Waals surface area (Å²) >= 11 is 0. The van der Waals surface area contributed by atoms with Crippen LogP contribution in [0.4, 0.5) is 10.1 Å². The summed E-state index contributed by atoms with van der Waals surface area (Å²) < 4.78 is 16.4. The van der Waals surface area contributed by atoms with Gasteiger partial charge in [-0.3, -0.25) is 10.4 Å². The Kier molecular flexibility index (Phi) is 4.84. The molecule has 7 heteroatoms. The monoisotopic (exact) mass is 410 g/mol. The topological polar surface area (TPSA) is 67.5 Å². The van der Waals surface area contributed by atoms with E-state index in [-0.39, 0.29) is 5.82 Å². The number of para-hydroxylation sites is 1. The van der Waals surface area contributed by atoms with Crippen molar-refractivity contribution >= 4 is 27.9 Å². The van der Waals surface area contributed by atoms with Crippen molar-refractivity contribution in [3.8, 4) is 0 Å². The first-order valence-electron chi connectivity index (χ1n) is 9.90. The van der Waals surface area contributed by atoms with Gasteiger partial charge in [0, 0.05) is 24.1 Å². The number of pyridine rings is 1. The van der Waals surface area contributed by atoms with Crippen molar-refractivity contribution in [1.82, 2.24) is 19.6 Å². The molecule has 3 aromatic heterocycles. The number of hydrogen-bond acceptors (Lipinski definition) is 5. The second-order valence-electron chi connectivity index (χ2n) is 7.23. The normalized spacial score (nSPS) is 11.9. The largest absolute Gasteiger partial charge is 0.278 e. The molecule has 6 nitrogen and oxygen atoms in total. The number of hydrazone groups is 1. The van der Waals surface area contributed by atoms with E-state index < -0.39 is 0 Å². The number of benzene rings is 2. The second-order valence-corrected chi connectivity index (χ2v) is 7.23. The van der Waals surface area contributed by atoms with Crippen LogP contribution in [0.2, 0.25) is 0 Å². The SMILES string of the molecule is C/C(=N\Nc1ccccc1)c1ccc2ncc(Cc3cc4cccnc4cc3F)n2n1. The van der Waals surface area contributed by atoms with Gasteiger partial charge in [-0.2, -0.15) is 10.2 Å². The van der Waals surface area contributed by atoms with Crippen molar-refractivity contribution < 1.29 is 4.39 Å². The highest BCUT2D eigenvalue weighted by molar-refractivity contribution is 5.97. The van der Waals surface area contributed by atoms with Gasteiger partial charge in [0.05, 0.1) is 28.8 Å². The Bertz CT molecular complexity index is 1410. The van der Waals surface area contributed by atoms with Crippen LogP contribution in [-0.2, 0) is 6.42 Å². The number of nitrogens with one attached hydrogen (secondary N) is 1. The van der Waals surface area contributed by atoms with Crippen LogP contribution in [0, 0.1) is 5.82 Å². The van der Waals surface area contributed by atoms with E-state index in [9.17, 15) is 4.39 Å². The lowest BCUT2D eigenvalue weighted by atomic mass is 10.1. The number of halogens is 1. The van der Waals surface area contributed by atoms with E-state index in [2.05, 4.69) is 25.6 Å². The minimum Gasteiger partial charge on any atom is -0.278 e. The molecule has 0 saturated heterocycles. The molecule has 0 bridgehead atoms. The zero-order valence-electron chi connectivity index (χ0n) is 16.8. The van der Waals surface area contributed by atoms with Gasteiger partial charge in [-0.1, -0.05) is 24.3 Å². The Morgan fingerprint density at radius 1 is 1.03 bits per heavy atom. The Labute approximate surface area is 178 Å². The minimum atomic E-state index is -0.290. The third-order valence-corrected chi connectivity index (χ3v) is 5.07. The number of fused-ring (bicyclic) bond motifs is 2. The van der Waals surface area contributed by atoms with Crippen LogP contribution in [0.3, 0.4) is 0 Å². The van der Waals surface area contributed by atoms with Gasteiger partial charge < -0.3 is 0 Å². The summed E-state index contributed by atoms with van der Waals surface area (Å²) in [7, 11) is 0. The van der Waals surface area contributed by atoms with Gasteiger partial charge in [-0.15, -0.1) is 0 Å². The maximum Gasteiger partial charge on any atom is 0.153 e. The Morgan fingerprint density at radius 2 is 1.90 bits per heavy atom. The highest BCUT2D eigenvalue weighted by Crippen LogP contribution is 2.20. The van der Waals surface area contributed by atoms with Crippen molar-refractivity contribution in [3.63, 3.8) is 0 Å². The summed E-state index contributed by atoms with van der Waals surface area (Å²) in [6, 6.07) is 20.5. The van der Waals surface area contributed by atoms with Gasteiger partial charge in [0.25, 0.3) is 0 Å². The summed E-state index contributed by atoms with van der Waals surface area (Å²) in [6.45, 7) is 1.89. The van der Waals surface area contributed by atoms with Crippen LogP contribution < -0.4 is 5.43 Å². The summed E-state index contributed by atoms with van der Waals surface area (Å²) in [5.41, 5.74) is 8.07. The molecule has 0 aliphatic heterocycles. The minimum absolute atomic E-state index is 0.290. The number of aromatic nitrogens is 4. The maximum absolute atomic E-state index is 14.7. The first kappa shape index (κ1) is 18.9. The fourth-order valence-corrected chi connectivity index (χ4v) is 3.43. The molecule has 1 N–H and O–H groups in total. The van der Waals surface area contributed by atoms with Crippen LogP contribution in [-0.4, -0.2) is 25.3 Å². The molecule has 0 amide bonds. The van der Waals surface area contributed by atoms with Crippen molar-refractivity contribution in [1.29, 1.82) is 0 Å². The lowest BCUT2D eigenvalue weighted by Crippen LogP contribution is -2.08. The predicted molar refractivity (Wildman–Crippen MR) is 120 cm³/mol. The van der Waals surface area contributed by atoms with Crippen molar-refractivity contribution in [2.24, 2.45) is 5.10 Å². The lowest BCUT2D eigenvalue weighted by Gasteiger charge is -2.07. The fraction of sp³-hybridized carbons (Fsp3) is 0.0833. The highest BCUT2D eigenvalue weighted by atomic mass is 19.1. The average Bonchev–Trinajstić information content (AvgIpc) is 3.20. The van der Waals surface area contributed by atoms with E-state index in [4.69, 9.17) is 0 Å². The molecule has 0 fully saturated rings. The lowest BCUT2D eigenvalue weighted by molar-refractivity contribution is 0.614. The Morgan fingerprint density at radius 3 is 2.77 bits per heavy atom. The molecule has 2 aromatic carbocycles. The first-order chi connectivity index (χ1) is 15.2. The standard InChI is InChI=1S/C24H19FN6/c1-16(28-29-19-7-3-2-4-8-19)22-9-10-24-27-15-20(31(24)30-22)13-18-12-17-6-5-11-26-23(17)14-21(18)25/h2-12,14-15,29H,13H2,1H3/b28-16+. The Hall–Kier alpha value is -4.13. The molecule has 0 radical (unpaired) electrons. The molecule has 0 saturated carbocycles. The van der Waals surface area contributed by atoms with Crippen LogP contribution in [0.15, 0.2) is 84.2 Å². The molecule has 0 spiro atoms.